The van der Waals surface area contributed by atoms with Crippen molar-refractivity contribution in [3.8, 4) is 0 Å². The maximum absolute atomic E-state index is 13.8. The molecule has 2 aromatic rings. The molecule has 2 aromatic carbocycles. The lowest BCUT2D eigenvalue weighted by atomic mass is 9.93. The maximum atomic E-state index is 13.8. The minimum absolute atomic E-state index is 0.158. The molecule has 0 bridgehead atoms. The lowest BCUT2D eigenvalue weighted by Gasteiger charge is -2.33. The summed E-state index contributed by atoms with van der Waals surface area (Å²) in [4.78, 5) is 41.8. The number of para-hydroxylation sites is 1. The smallest absolute Gasteiger partial charge is 0.249 e. The average molecular weight is 478 g/mol. The molecule has 1 aliphatic heterocycles. The highest BCUT2D eigenvalue weighted by atomic mass is 16.3. The Morgan fingerprint density at radius 2 is 1.71 bits per heavy atom. The fourth-order valence-electron chi connectivity index (χ4n) is 5.07. The first kappa shape index (κ1) is 24.9. The maximum Gasteiger partial charge on any atom is 0.249 e. The Morgan fingerprint density at radius 1 is 1.06 bits per heavy atom. The summed E-state index contributed by atoms with van der Waals surface area (Å²) in [5.41, 5.74) is 1.83. The van der Waals surface area contributed by atoms with Gasteiger partial charge >= 0.3 is 0 Å². The van der Waals surface area contributed by atoms with Gasteiger partial charge in [-0.3, -0.25) is 14.4 Å². The number of hydrogen-bond donors (Lipinski definition) is 3. The summed E-state index contributed by atoms with van der Waals surface area (Å²) in [7, 11) is 0. The van der Waals surface area contributed by atoms with Crippen molar-refractivity contribution < 1.29 is 19.5 Å². The minimum atomic E-state index is -1.18. The molecule has 1 aliphatic carbocycles. The number of aliphatic hydroxyl groups excluding tert-OH is 1. The highest BCUT2D eigenvalue weighted by Gasteiger charge is 2.45. The van der Waals surface area contributed by atoms with Crippen molar-refractivity contribution >= 4 is 23.4 Å². The molecule has 3 amide bonds. The number of amides is 3. The molecule has 3 N–H and O–H groups in total. The Bertz CT molecular complexity index is 1060. The van der Waals surface area contributed by atoms with Gasteiger partial charge in [0, 0.05) is 5.69 Å². The summed E-state index contributed by atoms with van der Waals surface area (Å²) in [6.07, 6.45) is 2.53. The highest BCUT2D eigenvalue weighted by Crippen LogP contribution is 2.32. The number of aliphatic hydroxyl groups is 1. The van der Waals surface area contributed by atoms with Gasteiger partial charge in [0.15, 0.2) is 0 Å². The van der Waals surface area contributed by atoms with E-state index in [4.69, 9.17) is 0 Å². The summed E-state index contributed by atoms with van der Waals surface area (Å²) >= 11 is 0. The monoisotopic (exact) mass is 477 g/mol. The van der Waals surface area contributed by atoms with E-state index in [1.54, 1.807) is 18.7 Å². The lowest BCUT2D eigenvalue weighted by molar-refractivity contribution is -0.140. The van der Waals surface area contributed by atoms with Crippen molar-refractivity contribution in [1.82, 2.24) is 10.6 Å². The lowest BCUT2D eigenvalue weighted by Crippen LogP contribution is -2.62. The molecule has 35 heavy (non-hydrogen) atoms. The Morgan fingerprint density at radius 3 is 2.40 bits per heavy atom. The summed E-state index contributed by atoms with van der Waals surface area (Å²) in [5, 5.41) is 16.0. The van der Waals surface area contributed by atoms with Crippen LogP contribution in [0.4, 0.5) is 5.69 Å². The van der Waals surface area contributed by atoms with Crippen LogP contribution in [0.5, 0.6) is 0 Å². The summed E-state index contributed by atoms with van der Waals surface area (Å²) in [6, 6.07) is 17.0. The number of fused-ring (bicyclic) bond motifs is 1. The van der Waals surface area contributed by atoms with Gasteiger partial charge in [-0.1, -0.05) is 75.2 Å². The summed E-state index contributed by atoms with van der Waals surface area (Å²) in [5.74, 6) is -1.30. The molecular weight excluding hydrogens is 442 g/mol. The van der Waals surface area contributed by atoms with Crippen LogP contribution < -0.4 is 15.5 Å². The van der Waals surface area contributed by atoms with Crippen LogP contribution in [0.15, 0.2) is 54.6 Å². The molecule has 1 fully saturated rings. The number of carbonyl (C=O) groups excluding carboxylic acids is 3. The third-order valence-electron chi connectivity index (χ3n) is 7.19. The zero-order valence-electron chi connectivity index (χ0n) is 20.5. The van der Waals surface area contributed by atoms with E-state index < -0.39 is 23.6 Å². The topological polar surface area (TPSA) is 98.7 Å². The molecule has 2 unspecified atom stereocenters. The van der Waals surface area contributed by atoms with Gasteiger partial charge in [0.2, 0.25) is 17.7 Å². The number of carbonyl (C=O) groups is 3. The molecule has 0 radical (unpaired) electrons. The van der Waals surface area contributed by atoms with Gasteiger partial charge < -0.3 is 20.6 Å². The fraction of sp³-hybridized carbons (Fsp3) is 0.464. The second kappa shape index (κ2) is 10.6. The van der Waals surface area contributed by atoms with E-state index in [0.29, 0.717) is 32.2 Å². The Hall–Kier alpha value is -3.19. The minimum Gasteiger partial charge on any atom is -0.383 e. The third-order valence-corrected chi connectivity index (χ3v) is 7.19. The van der Waals surface area contributed by atoms with E-state index in [9.17, 15) is 19.5 Å². The molecule has 0 saturated heterocycles. The molecule has 186 valence electrons. The van der Waals surface area contributed by atoms with Crippen molar-refractivity contribution in [2.45, 2.75) is 76.6 Å². The van der Waals surface area contributed by atoms with Crippen LogP contribution in [-0.2, 0) is 27.3 Å². The van der Waals surface area contributed by atoms with Crippen LogP contribution in [0.1, 0.15) is 57.1 Å². The molecule has 2 atom stereocenters. The molecule has 0 aromatic heterocycles. The molecule has 0 spiro atoms. The fourth-order valence-corrected chi connectivity index (χ4v) is 5.07. The molecule has 7 heteroatoms. The number of nitrogens with zero attached hydrogens (tertiary/aromatic N) is 1. The van der Waals surface area contributed by atoms with Gasteiger partial charge in [-0.05, 0) is 48.8 Å². The van der Waals surface area contributed by atoms with Gasteiger partial charge in [0.05, 0.1) is 6.54 Å². The normalized spacial score (nSPS) is 20.2. The molecular formula is C28H35N3O4. The molecule has 1 saturated carbocycles. The van der Waals surface area contributed by atoms with Gasteiger partial charge in [-0.25, -0.2) is 0 Å². The first-order valence-electron chi connectivity index (χ1n) is 12.5. The van der Waals surface area contributed by atoms with Crippen LogP contribution in [0.3, 0.4) is 0 Å². The van der Waals surface area contributed by atoms with E-state index in [0.717, 1.165) is 29.7 Å². The van der Waals surface area contributed by atoms with Crippen molar-refractivity contribution in [3.63, 3.8) is 0 Å². The van der Waals surface area contributed by atoms with Crippen molar-refractivity contribution in [2.24, 2.45) is 5.92 Å². The van der Waals surface area contributed by atoms with E-state index in [1.165, 1.54) is 0 Å². The van der Waals surface area contributed by atoms with Crippen LogP contribution in [0, 0.1) is 5.92 Å². The van der Waals surface area contributed by atoms with Gasteiger partial charge in [-0.15, -0.1) is 0 Å². The number of hydrogen-bond acceptors (Lipinski definition) is 4. The van der Waals surface area contributed by atoms with Crippen LogP contribution in [0.25, 0.3) is 0 Å². The first-order chi connectivity index (χ1) is 16.8. The van der Waals surface area contributed by atoms with Crippen molar-refractivity contribution in [2.75, 3.05) is 4.90 Å². The molecule has 4 rings (SSSR count). The van der Waals surface area contributed by atoms with Crippen molar-refractivity contribution in [3.05, 3.63) is 65.7 Å². The third kappa shape index (κ3) is 5.40. The van der Waals surface area contributed by atoms with Crippen LogP contribution >= 0.6 is 0 Å². The Balaban J connectivity index is 1.56. The van der Waals surface area contributed by atoms with Gasteiger partial charge in [0.25, 0.3) is 0 Å². The zero-order valence-corrected chi connectivity index (χ0v) is 20.5. The summed E-state index contributed by atoms with van der Waals surface area (Å²) in [6.45, 7) is 3.93. The quantitative estimate of drug-likeness (QED) is 0.571. The first-order valence-corrected chi connectivity index (χ1v) is 12.5. The van der Waals surface area contributed by atoms with Gasteiger partial charge in [0.1, 0.15) is 17.7 Å². The molecule has 2 aliphatic rings. The number of nitrogens with one attached hydrogen (secondary N) is 2. The van der Waals surface area contributed by atoms with Crippen LogP contribution in [-0.4, -0.2) is 40.5 Å². The van der Waals surface area contributed by atoms with E-state index in [2.05, 4.69) is 10.6 Å². The largest absolute Gasteiger partial charge is 0.383 e. The predicted molar refractivity (Wildman–Crippen MR) is 135 cm³/mol. The van der Waals surface area contributed by atoms with E-state index in [1.807, 2.05) is 54.6 Å². The zero-order chi connectivity index (χ0) is 25.0. The predicted octanol–water partition coefficient (Wildman–Crippen LogP) is 3.10. The summed E-state index contributed by atoms with van der Waals surface area (Å²) < 4.78 is 0. The standard InChI is InChI=1S/C28H35N3O4/c1-19(2)24(32)25(33)30-28(16-8-9-17-28)27(35)29-22-15-14-21-12-6-7-13-23(21)31(26(22)34)18-20-10-4-3-5-11-20/h3-7,10-13,19,22,24,32H,8-9,14-18H2,1-2H3,(H,29,35)(H,30,33). The average Bonchev–Trinajstić information content (AvgIpc) is 3.30. The number of benzene rings is 2. The number of aryl methyl sites for hydroxylation is 1. The second-order valence-electron chi connectivity index (χ2n) is 10.1. The van der Waals surface area contributed by atoms with E-state index in [-0.39, 0.29) is 17.7 Å². The second-order valence-corrected chi connectivity index (χ2v) is 10.1. The SMILES string of the molecule is CC(C)C(O)C(=O)NC1(C(=O)NC2CCc3ccccc3N(Cc3ccccc3)C2=O)CCCC1. The molecule has 7 nitrogen and oxygen atoms in total. The van der Waals surface area contributed by atoms with Crippen LogP contribution in [0.2, 0.25) is 0 Å². The van der Waals surface area contributed by atoms with Crippen molar-refractivity contribution in [1.29, 1.82) is 0 Å². The number of rotatable bonds is 7. The highest BCUT2D eigenvalue weighted by molar-refractivity contribution is 6.02. The Kier molecular flexibility index (Phi) is 7.55. The molecule has 1 heterocycles. The number of anilines is 1. The van der Waals surface area contributed by atoms with E-state index >= 15 is 0 Å². The Labute approximate surface area is 206 Å². The van der Waals surface area contributed by atoms with Gasteiger partial charge in [-0.2, -0.15) is 0 Å².